The van der Waals surface area contributed by atoms with Crippen LogP contribution in [0.1, 0.15) is 32.0 Å². The van der Waals surface area contributed by atoms with Gasteiger partial charge in [0.25, 0.3) is 11.8 Å². The molecule has 0 N–H and O–H groups in total. The van der Waals surface area contributed by atoms with Crippen LogP contribution in [0.15, 0.2) is 48.7 Å². The number of halogens is 2. The highest BCUT2D eigenvalue weighted by Gasteiger charge is 2.28. The second kappa shape index (κ2) is 8.29. The van der Waals surface area contributed by atoms with E-state index in [1.165, 1.54) is 6.07 Å². The molecule has 160 valence electrons. The summed E-state index contributed by atoms with van der Waals surface area (Å²) >= 11 is 0. The van der Waals surface area contributed by atoms with E-state index in [2.05, 4.69) is 5.10 Å². The first-order valence-corrected chi connectivity index (χ1v) is 10.0. The SMILES string of the molecule is Cc1cccc(-n2ncc(C(=O)N3CCN(C(=O)c4ccc(F)c(F)c4)CC3)c2C)c1. The Morgan fingerprint density at radius 1 is 0.871 bits per heavy atom. The molecule has 0 atom stereocenters. The number of aryl methyl sites for hydroxylation is 1. The summed E-state index contributed by atoms with van der Waals surface area (Å²) in [6.07, 6.45) is 1.57. The second-order valence-electron chi connectivity index (χ2n) is 7.61. The van der Waals surface area contributed by atoms with Gasteiger partial charge < -0.3 is 9.80 Å². The average Bonchev–Trinajstić information content (AvgIpc) is 3.16. The van der Waals surface area contributed by atoms with Gasteiger partial charge in [0.05, 0.1) is 23.1 Å². The number of piperazine rings is 1. The lowest BCUT2D eigenvalue weighted by Crippen LogP contribution is -2.50. The molecule has 8 heteroatoms. The molecule has 2 amide bonds. The summed E-state index contributed by atoms with van der Waals surface area (Å²) in [5.74, 6) is -2.57. The van der Waals surface area contributed by atoms with Crippen LogP contribution >= 0.6 is 0 Å². The normalized spacial score (nSPS) is 14.1. The molecule has 1 aliphatic heterocycles. The van der Waals surface area contributed by atoms with Crippen molar-refractivity contribution in [2.24, 2.45) is 0 Å². The molecule has 6 nitrogen and oxygen atoms in total. The van der Waals surface area contributed by atoms with Crippen LogP contribution in [-0.4, -0.2) is 57.6 Å². The zero-order valence-corrected chi connectivity index (χ0v) is 17.3. The van der Waals surface area contributed by atoms with E-state index < -0.39 is 11.6 Å². The van der Waals surface area contributed by atoms with Crippen LogP contribution < -0.4 is 0 Å². The number of hydrogen-bond donors (Lipinski definition) is 0. The molecule has 1 aliphatic rings. The fraction of sp³-hybridized carbons (Fsp3) is 0.261. The summed E-state index contributed by atoms with van der Waals surface area (Å²) in [5.41, 5.74) is 3.34. The van der Waals surface area contributed by atoms with Gasteiger partial charge in [0.2, 0.25) is 0 Å². The minimum atomic E-state index is -1.05. The number of carbonyl (C=O) groups excluding carboxylic acids is 2. The Hall–Kier alpha value is -3.55. The van der Waals surface area contributed by atoms with Crippen molar-refractivity contribution in [2.45, 2.75) is 13.8 Å². The van der Waals surface area contributed by atoms with Gasteiger partial charge in [-0.05, 0) is 49.7 Å². The van der Waals surface area contributed by atoms with Gasteiger partial charge in [-0.25, -0.2) is 13.5 Å². The van der Waals surface area contributed by atoms with Gasteiger partial charge in [0.15, 0.2) is 11.6 Å². The van der Waals surface area contributed by atoms with Crippen LogP contribution in [0.4, 0.5) is 8.78 Å². The Labute approximate surface area is 178 Å². The standard InChI is InChI=1S/C23H22F2N4O2/c1-15-4-3-5-18(12-15)29-16(2)19(14-26-29)23(31)28-10-8-27(9-11-28)22(30)17-6-7-20(24)21(25)13-17/h3-7,12-14H,8-11H2,1-2H3. The zero-order valence-electron chi connectivity index (χ0n) is 17.3. The van der Waals surface area contributed by atoms with Crippen molar-refractivity contribution >= 4 is 11.8 Å². The van der Waals surface area contributed by atoms with E-state index in [-0.39, 0.29) is 17.4 Å². The minimum Gasteiger partial charge on any atom is -0.335 e. The van der Waals surface area contributed by atoms with E-state index in [0.717, 1.165) is 29.1 Å². The van der Waals surface area contributed by atoms with Crippen molar-refractivity contribution in [2.75, 3.05) is 26.2 Å². The monoisotopic (exact) mass is 424 g/mol. The number of benzene rings is 2. The van der Waals surface area contributed by atoms with E-state index in [1.807, 2.05) is 38.1 Å². The summed E-state index contributed by atoms with van der Waals surface area (Å²) in [6.45, 7) is 5.18. The molecule has 2 heterocycles. The lowest BCUT2D eigenvalue weighted by Gasteiger charge is -2.34. The first-order valence-electron chi connectivity index (χ1n) is 10.0. The van der Waals surface area contributed by atoms with E-state index in [1.54, 1.807) is 20.7 Å². The fourth-order valence-corrected chi connectivity index (χ4v) is 3.73. The summed E-state index contributed by atoms with van der Waals surface area (Å²) < 4.78 is 28.3. The quantitative estimate of drug-likeness (QED) is 0.648. The second-order valence-corrected chi connectivity index (χ2v) is 7.61. The van der Waals surface area contributed by atoms with Gasteiger partial charge >= 0.3 is 0 Å². The summed E-state index contributed by atoms with van der Waals surface area (Å²) in [7, 11) is 0. The smallest absolute Gasteiger partial charge is 0.257 e. The maximum atomic E-state index is 13.4. The number of amides is 2. The van der Waals surface area contributed by atoms with Crippen molar-refractivity contribution < 1.29 is 18.4 Å². The lowest BCUT2D eigenvalue weighted by atomic mass is 10.1. The summed E-state index contributed by atoms with van der Waals surface area (Å²) in [4.78, 5) is 28.8. The molecule has 31 heavy (non-hydrogen) atoms. The van der Waals surface area contributed by atoms with Crippen LogP contribution in [0.5, 0.6) is 0 Å². The molecule has 0 saturated carbocycles. The Kier molecular flexibility index (Phi) is 5.54. The highest BCUT2D eigenvalue weighted by atomic mass is 19.2. The third-order valence-electron chi connectivity index (χ3n) is 5.51. The van der Waals surface area contributed by atoms with Crippen molar-refractivity contribution in [1.82, 2.24) is 19.6 Å². The number of rotatable bonds is 3. The molecule has 1 saturated heterocycles. The van der Waals surface area contributed by atoms with Crippen LogP contribution in [-0.2, 0) is 0 Å². The van der Waals surface area contributed by atoms with Gasteiger partial charge in [0.1, 0.15) is 0 Å². The summed E-state index contributed by atoms with van der Waals surface area (Å²) in [5, 5.41) is 4.38. The maximum absolute atomic E-state index is 13.4. The van der Waals surface area contributed by atoms with E-state index in [4.69, 9.17) is 0 Å². The molecular formula is C23H22F2N4O2. The predicted molar refractivity (Wildman–Crippen MR) is 111 cm³/mol. The Balaban J connectivity index is 1.44. The average molecular weight is 424 g/mol. The fourth-order valence-electron chi connectivity index (χ4n) is 3.73. The molecule has 0 aliphatic carbocycles. The molecule has 1 fully saturated rings. The van der Waals surface area contributed by atoms with Gasteiger partial charge in [-0.1, -0.05) is 12.1 Å². The van der Waals surface area contributed by atoms with Gasteiger partial charge in [0, 0.05) is 31.7 Å². The molecule has 0 unspecified atom stereocenters. The highest BCUT2D eigenvalue weighted by molar-refractivity contribution is 5.96. The number of nitrogens with zero attached hydrogens (tertiary/aromatic N) is 4. The summed E-state index contributed by atoms with van der Waals surface area (Å²) in [6, 6.07) is 11.0. The highest BCUT2D eigenvalue weighted by Crippen LogP contribution is 2.19. The Morgan fingerprint density at radius 2 is 1.55 bits per heavy atom. The molecule has 4 rings (SSSR count). The number of carbonyl (C=O) groups is 2. The largest absolute Gasteiger partial charge is 0.335 e. The van der Waals surface area contributed by atoms with E-state index >= 15 is 0 Å². The maximum Gasteiger partial charge on any atom is 0.257 e. The first-order chi connectivity index (χ1) is 14.8. The molecule has 2 aromatic carbocycles. The Bertz CT molecular complexity index is 1150. The van der Waals surface area contributed by atoms with Crippen LogP contribution in [0, 0.1) is 25.5 Å². The zero-order chi connectivity index (χ0) is 22.1. The van der Waals surface area contributed by atoms with Gasteiger partial charge in [-0.3, -0.25) is 9.59 Å². The third-order valence-corrected chi connectivity index (χ3v) is 5.51. The molecular weight excluding hydrogens is 402 g/mol. The van der Waals surface area contributed by atoms with Gasteiger partial charge in [-0.15, -0.1) is 0 Å². The van der Waals surface area contributed by atoms with Crippen molar-refractivity contribution in [3.05, 3.63) is 82.7 Å². The predicted octanol–water partition coefficient (Wildman–Crippen LogP) is 3.37. The number of aromatic nitrogens is 2. The Morgan fingerprint density at radius 3 is 2.19 bits per heavy atom. The van der Waals surface area contributed by atoms with Crippen LogP contribution in [0.2, 0.25) is 0 Å². The topological polar surface area (TPSA) is 58.4 Å². The molecule has 0 bridgehead atoms. The van der Waals surface area contributed by atoms with E-state index in [0.29, 0.717) is 31.7 Å². The molecule has 3 aromatic rings. The third kappa shape index (κ3) is 4.05. The van der Waals surface area contributed by atoms with Crippen LogP contribution in [0.3, 0.4) is 0 Å². The minimum absolute atomic E-state index is 0.0916. The molecule has 0 spiro atoms. The first kappa shape index (κ1) is 20.7. The lowest BCUT2D eigenvalue weighted by molar-refractivity contribution is 0.0534. The van der Waals surface area contributed by atoms with Crippen molar-refractivity contribution in [1.29, 1.82) is 0 Å². The van der Waals surface area contributed by atoms with E-state index in [9.17, 15) is 18.4 Å². The van der Waals surface area contributed by atoms with Gasteiger partial charge in [-0.2, -0.15) is 5.10 Å². The molecule has 0 radical (unpaired) electrons. The van der Waals surface area contributed by atoms with Crippen molar-refractivity contribution in [3.63, 3.8) is 0 Å². The molecule has 1 aromatic heterocycles. The number of hydrogen-bond acceptors (Lipinski definition) is 3. The van der Waals surface area contributed by atoms with Crippen molar-refractivity contribution in [3.8, 4) is 5.69 Å². The van der Waals surface area contributed by atoms with Crippen LogP contribution in [0.25, 0.3) is 5.69 Å².